The van der Waals surface area contributed by atoms with Crippen LogP contribution in [0, 0.1) is 0 Å². The van der Waals surface area contributed by atoms with Crippen LogP contribution in [0.15, 0.2) is 18.2 Å². The molecule has 1 N–H and O–H groups in total. The van der Waals surface area contributed by atoms with Gasteiger partial charge in [0.2, 0.25) is 0 Å². The van der Waals surface area contributed by atoms with Crippen molar-refractivity contribution >= 4 is 0 Å². The van der Waals surface area contributed by atoms with Crippen molar-refractivity contribution in [2.75, 3.05) is 7.11 Å². The van der Waals surface area contributed by atoms with E-state index in [1.807, 2.05) is 18.2 Å². The van der Waals surface area contributed by atoms with E-state index in [-0.39, 0.29) is 5.60 Å². The highest BCUT2D eigenvalue weighted by Crippen LogP contribution is 2.44. The van der Waals surface area contributed by atoms with Gasteiger partial charge in [0.1, 0.15) is 17.1 Å². The van der Waals surface area contributed by atoms with Gasteiger partial charge in [-0.05, 0) is 25.0 Å². The largest absolute Gasteiger partial charge is 0.497 e. The summed E-state index contributed by atoms with van der Waals surface area (Å²) in [5.41, 5.74) is 0.658. The maximum Gasteiger partial charge on any atom is 0.129 e. The van der Waals surface area contributed by atoms with Gasteiger partial charge in [-0.2, -0.15) is 0 Å². The highest BCUT2D eigenvalue weighted by atomic mass is 16.5. The molecule has 1 aromatic rings. The zero-order valence-electron chi connectivity index (χ0n) is 12.1. The molecule has 106 valence electrons. The molecule has 3 heteroatoms. The number of methoxy groups -OCH3 is 1. The van der Waals surface area contributed by atoms with Gasteiger partial charge in [-0.25, -0.2) is 0 Å². The first-order chi connectivity index (χ1) is 9.14. The van der Waals surface area contributed by atoms with Crippen LogP contribution in [0.3, 0.4) is 0 Å². The Morgan fingerprint density at radius 2 is 2.00 bits per heavy atom. The minimum atomic E-state index is -0.437. The molecule has 0 saturated heterocycles. The second kappa shape index (κ2) is 5.83. The minimum absolute atomic E-state index is 0.220. The summed E-state index contributed by atoms with van der Waals surface area (Å²) in [6.07, 6.45) is 4.34. The predicted molar refractivity (Wildman–Crippen MR) is 75.7 cm³/mol. The Hall–Kier alpha value is -1.22. The fourth-order valence-corrected chi connectivity index (χ4v) is 3.09. The fourth-order valence-electron chi connectivity index (χ4n) is 3.09. The second-order valence-corrected chi connectivity index (χ2v) is 5.41. The number of benzene rings is 1. The summed E-state index contributed by atoms with van der Waals surface area (Å²) in [5.74, 6) is 1.55. The average molecular weight is 264 g/mol. The summed E-state index contributed by atoms with van der Waals surface area (Å²) in [6.45, 7) is 4.32. The van der Waals surface area contributed by atoms with E-state index >= 15 is 0 Å². The lowest BCUT2D eigenvalue weighted by atomic mass is 9.82. The van der Waals surface area contributed by atoms with E-state index < -0.39 is 6.10 Å². The first-order valence-corrected chi connectivity index (χ1v) is 7.19. The summed E-state index contributed by atoms with van der Waals surface area (Å²) in [4.78, 5) is 0. The van der Waals surface area contributed by atoms with E-state index in [0.717, 1.165) is 42.7 Å². The molecule has 0 unspecified atom stereocenters. The third-order valence-corrected chi connectivity index (χ3v) is 3.88. The van der Waals surface area contributed by atoms with Gasteiger partial charge in [0, 0.05) is 18.1 Å². The molecule has 1 heterocycles. The third kappa shape index (κ3) is 2.86. The Kier molecular flexibility index (Phi) is 4.35. The molecule has 1 aliphatic rings. The van der Waals surface area contributed by atoms with Crippen molar-refractivity contribution in [2.24, 2.45) is 0 Å². The molecule has 0 amide bonds. The number of hydrogen-bond donors (Lipinski definition) is 1. The second-order valence-electron chi connectivity index (χ2n) is 5.41. The van der Waals surface area contributed by atoms with E-state index in [1.54, 1.807) is 7.11 Å². The van der Waals surface area contributed by atoms with Gasteiger partial charge >= 0.3 is 0 Å². The van der Waals surface area contributed by atoms with Gasteiger partial charge in [0.25, 0.3) is 0 Å². The quantitative estimate of drug-likeness (QED) is 0.878. The van der Waals surface area contributed by atoms with Crippen LogP contribution >= 0.6 is 0 Å². The fraction of sp³-hybridized carbons (Fsp3) is 0.625. The van der Waals surface area contributed by atoms with Crippen LogP contribution in [0.1, 0.15) is 57.6 Å². The molecule has 0 saturated carbocycles. The number of hydrogen-bond acceptors (Lipinski definition) is 3. The van der Waals surface area contributed by atoms with Crippen molar-refractivity contribution in [2.45, 2.75) is 57.7 Å². The number of rotatable bonds is 5. The van der Waals surface area contributed by atoms with Crippen LogP contribution in [0.2, 0.25) is 0 Å². The zero-order chi connectivity index (χ0) is 13.9. The van der Waals surface area contributed by atoms with Crippen LogP contribution in [0.25, 0.3) is 0 Å². The molecule has 1 atom stereocenters. The van der Waals surface area contributed by atoms with E-state index in [4.69, 9.17) is 9.47 Å². The van der Waals surface area contributed by atoms with E-state index in [1.165, 1.54) is 0 Å². The normalized spacial score (nSPS) is 20.5. The maximum atomic E-state index is 10.4. The molecular weight excluding hydrogens is 240 g/mol. The molecule has 2 rings (SSSR count). The van der Waals surface area contributed by atoms with Gasteiger partial charge < -0.3 is 14.6 Å². The third-order valence-electron chi connectivity index (χ3n) is 3.88. The number of fused-ring (bicyclic) bond motifs is 1. The first kappa shape index (κ1) is 14.2. The van der Waals surface area contributed by atoms with E-state index in [9.17, 15) is 5.11 Å². The molecule has 0 aromatic heterocycles. The van der Waals surface area contributed by atoms with Crippen LogP contribution in [0.4, 0.5) is 0 Å². The Bertz CT molecular complexity index is 422. The van der Waals surface area contributed by atoms with Crippen LogP contribution in [-0.2, 0) is 0 Å². The summed E-state index contributed by atoms with van der Waals surface area (Å²) < 4.78 is 11.5. The predicted octanol–water partition coefficient (Wildman–Crippen LogP) is 3.85. The van der Waals surface area contributed by atoms with E-state index in [0.29, 0.717) is 6.42 Å². The lowest BCUT2D eigenvalue weighted by Gasteiger charge is -2.41. The van der Waals surface area contributed by atoms with Crippen LogP contribution in [0.5, 0.6) is 11.5 Å². The van der Waals surface area contributed by atoms with Gasteiger partial charge in [-0.3, -0.25) is 0 Å². The smallest absolute Gasteiger partial charge is 0.129 e. The highest BCUT2D eigenvalue weighted by molar-refractivity contribution is 5.44. The number of aliphatic hydroxyl groups excluding tert-OH is 1. The highest BCUT2D eigenvalue weighted by Gasteiger charge is 2.39. The number of ether oxygens (including phenoxy) is 2. The molecule has 0 spiro atoms. The van der Waals surface area contributed by atoms with Gasteiger partial charge in [0.05, 0.1) is 13.2 Å². The molecular formula is C16H24O3. The molecule has 1 aromatic carbocycles. The van der Waals surface area contributed by atoms with Crippen molar-refractivity contribution in [3.8, 4) is 11.5 Å². The first-order valence-electron chi connectivity index (χ1n) is 7.19. The lowest BCUT2D eigenvalue weighted by Crippen LogP contribution is -2.41. The summed E-state index contributed by atoms with van der Waals surface area (Å²) in [7, 11) is 1.65. The Morgan fingerprint density at radius 3 is 2.58 bits per heavy atom. The van der Waals surface area contributed by atoms with Gasteiger partial charge in [-0.15, -0.1) is 0 Å². The molecule has 19 heavy (non-hydrogen) atoms. The summed E-state index contributed by atoms with van der Waals surface area (Å²) >= 11 is 0. The van der Waals surface area contributed by atoms with E-state index in [2.05, 4.69) is 13.8 Å². The maximum absolute atomic E-state index is 10.4. The molecule has 0 bridgehead atoms. The van der Waals surface area contributed by atoms with Crippen LogP contribution < -0.4 is 9.47 Å². The minimum Gasteiger partial charge on any atom is -0.497 e. The standard InChI is InChI=1S/C16H24O3/c1-4-8-16(9-5-2)11-14(17)13-7-6-12(18-3)10-15(13)19-16/h6-7,10,14,17H,4-5,8-9,11H2,1-3H3/t14-/m1/s1. The van der Waals surface area contributed by atoms with Crippen molar-refractivity contribution in [1.82, 2.24) is 0 Å². The van der Waals surface area contributed by atoms with Crippen LogP contribution in [-0.4, -0.2) is 17.8 Å². The van der Waals surface area contributed by atoms with Crippen molar-refractivity contribution < 1.29 is 14.6 Å². The Labute approximate surface area is 115 Å². The van der Waals surface area contributed by atoms with Gasteiger partial charge in [-0.1, -0.05) is 26.7 Å². The summed E-state index contributed by atoms with van der Waals surface area (Å²) in [5, 5.41) is 10.4. The van der Waals surface area contributed by atoms with Crippen molar-refractivity contribution in [1.29, 1.82) is 0 Å². The zero-order valence-corrected chi connectivity index (χ0v) is 12.1. The molecule has 1 aliphatic heterocycles. The summed E-state index contributed by atoms with van der Waals surface area (Å²) in [6, 6.07) is 5.66. The average Bonchev–Trinajstić information content (AvgIpc) is 2.38. The van der Waals surface area contributed by atoms with Gasteiger partial charge in [0.15, 0.2) is 0 Å². The molecule has 0 radical (unpaired) electrons. The lowest BCUT2D eigenvalue weighted by molar-refractivity contribution is -0.0269. The molecule has 0 fully saturated rings. The Morgan fingerprint density at radius 1 is 1.32 bits per heavy atom. The molecule has 3 nitrogen and oxygen atoms in total. The van der Waals surface area contributed by atoms with Crippen molar-refractivity contribution in [3.63, 3.8) is 0 Å². The topological polar surface area (TPSA) is 38.7 Å². The monoisotopic (exact) mass is 264 g/mol. The Balaban J connectivity index is 2.34. The van der Waals surface area contributed by atoms with Crippen molar-refractivity contribution in [3.05, 3.63) is 23.8 Å². The number of aliphatic hydroxyl groups is 1. The SMILES string of the molecule is CCCC1(CCC)C[C@@H](O)c2ccc(OC)cc2O1. The molecule has 0 aliphatic carbocycles.